The van der Waals surface area contributed by atoms with E-state index in [2.05, 4.69) is 45.6 Å². The third-order valence-corrected chi connectivity index (χ3v) is 3.92. The molecule has 0 saturated heterocycles. The van der Waals surface area contributed by atoms with Crippen molar-refractivity contribution in [1.29, 1.82) is 0 Å². The van der Waals surface area contributed by atoms with E-state index < -0.39 is 0 Å². The van der Waals surface area contributed by atoms with Crippen molar-refractivity contribution in [3.05, 3.63) is 64.1 Å². The van der Waals surface area contributed by atoms with Crippen molar-refractivity contribution in [3.8, 4) is 0 Å². The fraction of sp³-hybridized carbons (Fsp3) is 0.250. The molecular formula is C16H20BrN3. The summed E-state index contributed by atoms with van der Waals surface area (Å²) in [4.78, 5) is 0. The van der Waals surface area contributed by atoms with Crippen LogP contribution in [0.15, 0.2) is 53.0 Å². The van der Waals surface area contributed by atoms with Crippen molar-refractivity contribution in [3.63, 3.8) is 0 Å². The molecule has 0 aromatic heterocycles. The summed E-state index contributed by atoms with van der Waals surface area (Å²) in [7, 11) is 0. The molecule has 20 heavy (non-hydrogen) atoms. The molecule has 0 heterocycles. The van der Waals surface area contributed by atoms with E-state index in [-0.39, 0.29) is 6.04 Å². The fourth-order valence-electron chi connectivity index (χ4n) is 2.33. The second-order valence-corrected chi connectivity index (χ2v) is 5.79. The zero-order chi connectivity index (χ0) is 14.4. The first-order chi connectivity index (χ1) is 9.70. The highest BCUT2D eigenvalue weighted by Crippen LogP contribution is 2.27. The molecule has 0 radical (unpaired) electrons. The maximum absolute atomic E-state index is 6.03. The lowest BCUT2D eigenvalue weighted by atomic mass is 9.98. The standard InChI is InChI=1S/C16H20BrN3/c17-13-9-10-15(18)14(11-13)16(20-19)8-4-7-12-5-2-1-3-6-12/h1-3,5-6,9-11,16,20H,4,7-8,18-19H2. The Kier molecular flexibility index (Phi) is 5.59. The van der Waals surface area contributed by atoms with E-state index in [1.54, 1.807) is 0 Å². The van der Waals surface area contributed by atoms with Crippen LogP contribution in [0.2, 0.25) is 0 Å². The van der Waals surface area contributed by atoms with E-state index in [1.165, 1.54) is 5.56 Å². The molecule has 3 nitrogen and oxygen atoms in total. The highest BCUT2D eigenvalue weighted by atomic mass is 79.9. The summed E-state index contributed by atoms with van der Waals surface area (Å²) in [6.45, 7) is 0. The Labute approximate surface area is 128 Å². The van der Waals surface area contributed by atoms with Crippen LogP contribution in [0.5, 0.6) is 0 Å². The second kappa shape index (κ2) is 7.43. The number of halogens is 1. The number of hydrogen-bond acceptors (Lipinski definition) is 3. The minimum atomic E-state index is 0.0798. The van der Waals surface area contributed by atoms with Gasteiger partial charge in [0, 0.05) is 16.2 Å². The Bertz CT molecular complexity index is 543. The van der Waals surface area contributed by atoms with Crippen LogP contribution in [0, 0.1) is 0 Å². The van der Waals surface area contributed by atoms with Gasteiger partial charge in [-0.2, -0.15) is 0 Å². The molecule has 2 rings (SSSR count). The van der Waals surface area contributed by atoms with Crippen molar-refractivity contribution < 1.29 is 0 Å². The van der Waals surface area contributed by atoms with Crippen molar-refractivity contribution >= 4 is 21.6 Å². The molecular weight excluding hydrogens is 314 g/mol. The Morgan fingerprint density at radius 2 is 1.85 bits per heavy atom. The van der Waals surface area contributed by atoms with Gasteiger partial charge in [-0.3, -0.25) is 11.3 Å². The Morgan fingerprint density at radius 1 is 1.10 bits per heavy atom. The molecule has 0 aliphatic carbocycles. The molecule has 0 bridgehead atoms. The zero-order valence-electron chi connectivity index (χ0n) is 11.4. The van der Waals surface area contributed by atoms with Crippen LogP contribution in [-0.2, 0) is 6.42 Å². The lowest BCUT2D eigenvalue weighted by Crippen LogP contribution is -2.28. The molecule has 4 heteroatoms. The third kappa shape index (κ3) is 4.07. The molecule has 0 aliphatic rings. The predicted molar refractivity (Wildman–Crippen MR) is 88.0 cm³/mol. The van der Waals surface area contributed by atoms with E-state index in [4.69, 9.17) is 11.6 Å². The topological polar surface area (TPSA) is 64.1 Å². The van der Waals surface area contributed by atoms with Crippen LogP contribution in [0.1, 0.15) is 30.0 Å². The summed E-state index contributed by atoms with van der Waals surface area (Å²) in [6.07, 6.45) is 3.06. The summed E-state index contributed by atoms with van der Waals surface area (Å²) < 4.78 is 1.02. The average Bonchev–Trinajstić information content (AvgIpc) is 2.48. The van der Waals surface area contributed by atoms with Gasteiger partial charge in [0.05, 0.1) is 0 Å². The van der Waals surface area contributed by atoms with E-state index in [0.717, 1.165) is 35.0 Å². The van der Waals surface area contributed by atoms with Crippen molar-refractivity contribution in [1.82, 2.24) is 5.43 Å². The molecule has 1 atom stereocenters. The number of rotatable bonds is 6. The first kappa shape index (κ1) is 15.0. The van der Waals surface area contributed by atoms with Gasteiger partial charge in [-0.1, -0.05) is 46.3 Å². The smallest absolute Gasteiger partial charge is 0.0480 e. The normalized spacial score (nSPS) is 12.3. The first-order valence-electron chi connectivity index (χ1n) is 6.75. The van der Waals surface area contributed by atoms with Crippen molar-refractivity contribution in [2.45, 2.75) is 25.3 Å². The maximum Gasteiger partial charge on any atom is 0.0480 e. The van der Waals surface area contributed by atoms with Crippen LogP contribution < -0.4 is 17.0 Å². The summed E-state index contributed by atoms with van der Waals surface area (Å²) in [5, 5.41) is 0. The van der Waals surface area contributed by atoms with E-state index in [9.17, 15) is 0 Å². The number of nitrogens with one attached hydrogen (secondary N) is 1. The molecule has 0 aliphatic heterocycles. The lowest BCUT2D eigenvalue weighted by molar-refractivity contribution is 0.499. The number of aryl methyl sites for hydroxylation is 1. The molecule has 0 spiro atoms. The molecule has 0 saturated carbocycles. The zero-order valence-corrected chi connectivity index (χ0v) is 12.9. The van der Waals surface area contributed by atoms with Gasteiger partial charge >= 0.3 is 0 Å². The van der Waals surface area contributed by atoms with E-state index in [0.29, 0.717) is 0 Å². The molecule has 1 unspecified atom stereocenters. The lowest BCUT2D eigenvalue weighted by Gasteiger charge is -2.18. The quantitative estimate of drug-likeness (QED) is 0.430. The number of nitrogens with two attached hydrogens (primary N) is 2. The molecule has 2 aromatic rings. The summed E-state index contributed by atoms with van der Waals surface area (Å²) >= 11 is 3.47. The number of hydrazine groups is 1. The van der Waals surface area contributed by atoms with Crippen LogP contribution in [-0.4, -0.2) is 0 Å². The summed E-state index contributed by atoms with van der Waals surface area (Å²) in [5.74, 6) is 5.68. The highest BCUT2D eigenvalue weighted by molar-refractivity contribution is 9.10. The molecule has 5 N–H and O–H groups in total. The van der Waals surface area contributed by atoms with Crippen molar-refractivity contribution in [2.24, 2.45) is 5.84 Å². The van der Waals surface area contributed by atoms with Crippen LogP contribution in [0.4, 0.5) is 5.69 Å². The van der Waals surface area contributed by atoms with Gasteiger partial charge < -0.3 is 5.73 Å². The van der Waals surface area contributed by atoms with Crippen LogP contribution in [0.25, 0.3) is 0 Å². The SMILES string of the molecule is NNC(CCCc1ccccc1)c1cc(Br)ccc1N. The minimum absolute atomic E-state index is 0.0798. The molecule has 106 valence electrons. The highest BCUT2D eigenvalue weighted by Gasteiger charge is 2.13. The van der Waals surface area contributed by atoms with Gasteiger partial charge in [-0.05, 0) is 48.6 Å². The van der Waals surface area contributed by atoms with Gasteiger partial charge in [-0.25, -0.2) is 0 Å². The van der Waals surface area contributed by atoms with Crippen LogP contribution >= 0.6 is 15.9 Å². The number of anilines is 1. The van der Waals surface area contributed by atoms with Crippen LogP contribution in [0.3, 0.4) is 0 Å². The third-order valence-electron chi connectivity index (χ3n) is 3.43. The van der Waals surface area contributed by atoms with Gasteiger partial charge in [0.25, 0.3) is 0 Å². The van der Waals surface area contributed by atoms with Gasteiger partial charge in [0.1, 0.15) is 0 Å². The maximum atomic E-state index is 6.03. The fourth-order valence-corrected chi connectivity index (χ4v) is 2.71. The monoisotopic (exact) mass is 333 g/mol. The molecule has 0 amide bonds. The number of nitrogen functional groups attached to an aromatic ring is 1. The minimum Gasteiger partial charge on any atom is -0.398 e. The van der Waals surface area contributed by atoms with E-state index in [1.807, 2.05) is 24.3 Å². The second-order valence-electron chi connectivity index (χ2n) is 4.87. The number of benzene rings is 2. The Morgan fingerprint density at radius 3 is 2.55 bits per heavy atom. The van der Waals surface area contributed by atoms with Crippen molar-refractivity contribution in [2.75, 3.05) is 5.73 Å². The number of hydrogen-bond donors (Lipinski definition) is 3. The summed E-state index contributed by atoms with van der Waals surface area (Å²) in [5.41, 5.74) is 12.1. The molecule has 0 fully saturated rings. The largest absolute Gasteiger partial charge is 0.398 e. The average molecular weight is 334 g/mol. The molecule has 2 aromatic carbocycles. The van der Waals surface area contributed by atoms with Gasteiger partial charge in [-0.15, -0.1) is 0 Å². The predicted octanol–water partition coefficient (Wildman–Crippen LogP) is 3.56. The van der Waals surface area contributed by atoms with Gasteiger partial charge in [0.2, 0.25) is 0 Å². The Balaban J connectivity index is 1.97. The Hall–Kier alpha value is -1.36. The summed E-state index contributed by atoms with van der Waals surface area (Å²) in [6, 6.07) is 16.4. The van der Waals surface area contributed by atoms with Gasteiger partial charge in [0.15, 0.2) is 0 Å². The first-order valence-corrected chi connectivity index (χ1v) is 7.55. The van der Waals surface area contributed by atoms with E-state index >= 15 is 0 Å².